The van der Waals surface area contributed by atoms with Crippen molar-refractivity contribution in [2.45, 2.75) is 13.0 Å². The zero-order valence-electron chi connectivity index (χ0n) is 11.9. The molecule has 1 N–H and O–H groups in total. The largest absolute Gasteiger partial charge is 0.494 e. The number of nitrogens with one attached hydrogen (secondary N) is 1. The maximum Gasteiger partial charge on any atom is 0.119 e. The highest BCUT2D eigenvalue weighted by Gasteiger charge is 2.02. The summed E-state index contributed by atoms with van der Waals surface area (Å²) in [4.78, 5) is 0. The first-order valence-electron chi connectivity index (χ1n) is 7.27. The van der Waals surface area contributed by atoms with Crippen LogP contribution in [0.25, 0.3) is 10.1 Å². The summed E-state index contributed by atoms with van der Waals surface area (Å²) in [5.41, 5.74) is 1.39. The van der Waals surface area contributed by atoms with E-state index in [-0.39, 0.29) is 0 Å². The van der Waals surface area contributed by atoms with E-state index in [9.17, 15) is 0 Å². The second-order valence-electron chi connectivity index (χ2n) is 4.95. The van der Waals surface area contributed by atoms with E-state index < -0.39 is 0 Å². The molecule has 2 nitrogen and oxygen atoms in total. The summed E-state index contributed by atoms with van der Waals surface area (Å²) in [6, 6.07) is 18.5. The first-order chi connectivity index (χ1) is 10.4. The van der Waals surface area contributed by atoms with Gasteiger partial charge in [0.05, 0.1) is 6.61 Å². The number of hydrogen-bond acceptors (Lipinski definition) is 3. The molecule has 0 radical (unpaired) electrons. The van der Waals surface area contributed by atoms with Gasteiger partial charge in [0.25, 0.3) is 0 Å². The molecule has 0 amide bonds. The van der Waals surface area contributed by atoms with Crippen molar-refractivity contribution in [3.05, 3.63) is 65.5 Å². The molecule has 0 saturated carbocycles. The van der Waals surface area contributed by atoms with Crippen LogP contribution < -0.4 is 10.1 Å². The van der Waals surface area contributed by atoms with E-state index in [0.717, 1.165) is 31.9 Å². The van der Waals surface area contributed by atoms with Crippen LogP contribution in [0.3, 0.4) is 0 Å². The average Bonchev–Trinajstić information content (AvgIpc) is 2.95. The van der Waals surface area contributed by atoms with Gasteiger partial charge in [0.15, 0.2) is 0 Å². The van der Waals surface area contributed by atoms with Gasteiger partial charge in [0.2, 0.25) is 0 Å². The van der Waals surface area contributed by atoms with E-state index in [1.54, 1.807) is 0 Å². The van der Waals surface area contributed by atoms with Gasteiger partial charge in [-0.3, -0.25) is 0 Å². The second kappa shape index (κ2) is 7.25. The van der Waals surface area contributed by atoms with Gasteiger partial charge in [0, 0.05) is 11.2 Å². The highest BCUT2D eigenvalue weighted by molar-refractivity contribution is 7.17. The predicted octanol–water partition coefficient (Wildman–Crippen LogP) is 4.46. The number of hydrogen-bond donors (Lipinski definition) is 1. The lowest BCUT2D eigenvalue weighted by molar-refractivity contribution is 0.308. The highest BCUT2D eigenvalue weighted by atomic mass is 32.1. The van der Waals surface area contributed by atoms with Gasteiger partial charge in [-0.05, 0) is 47.5 Å². The lowest BCUT2D eigenvalue weighted by atomic mass is 10.2. The van der Waals surface area contributed by atoms with E-state index in [2.05, 4.69) is 35.0 Å². The van der Waals surface area contributed by atoms with Crippen molar-refractivity contribution in [1.29, 1.82) is 0 Å². The van der Waals surface area contributed by atoms with Crippen molar-refractivity contribution in [2.75, 3.05) is 13.2 Å². The Labute approximate surface area is 129 Å². The Kier molecular flexibility index (Phi) is 4.87. The smallest absolute Gasteiger partial charge is 0.119 e. The van der Waals surface area contributed by atoms with Crippen molar-refractivity contribution < 1.29 is 4.74 Å². The minimum absolute atomic E-state index is 0.751. The van der Waals surface area contributed by atoms with Crippen LogP contribution in [-0.4, -0.2) is 13.2 Å². The topological polar surface area (TPSA) is 21.3 Å². The Morgan fingerprint density at radius 2 is 1.76 bits per heavy atom. The Hall–Kier alpha value is -1.84. The minimum atomic E-state index is 0.751. The molecule has 0 saturated heterocycles. The van der Waals surface area contributed by atoms with Gasteiger partial charge in [0.1, 0.15) is 5.75 Å². The van der Waals surface area contributed by atoms with Crippen LogP contribution in [0, 0.1) is 0 Å². The quantitative estimate of drug-likeness (QED) is 0.650. The Bertz CT molecular complexity index is 678. The molecular formula is C18H19NOS. The summed E-state index contributed by atoms with van der Waals surface area (Å²) in [6.45, 7) is 2.65. The van der Waals surface area contributed by atoms with Gasteiger partial charge in [-0.25, -0.2) is 0 Å². The monoisotopic (exact) mass is 297 g/mol. The van der Waals surface area contributed by atoms with Crippen LogP contribution in [0.4, 0.5) is 0 Å². The summed E-state index contributed by atoms with van der Waals surface area (Å²) >= 11 is 1.81. The Morgan fingerprint density at radius 1 is 0.952 bits per heavy atom. The van der Waals surface area contributed by atoms with Crippen LogP contribution in [0.5, 0.6) is 5.75 Å². The summed E-state index contributed by atoms with van der Waals surface area (Å²) < 4.78 is 7.04. The molecule has 3 rings (SSSR count). The van der Waals surface area contributed by atoms with Crippen molar-refractivity contribution >= 4 is 21.4 Å². The van der Waals surface area contributed by atoms with E-state index >= 15 is 0 Å². The molecule has 0 bridgehead atoms. The Morgan fingerprint density at radius 3 is 2.67 bits per heavy atom. The van der Waals surface area contributed by atoms with Gasteiger partial charge in [-0.1, -0.05) is 36.4 Å². The average molecular weight is 297 g/mol. The molecule has 0 fully saturated rings. The standard InChI is InChI=1S/C18H19NOS/c1-2-7-16(8-3-1)20-12-6-11-19-13-15-14-21-18-10-5-4-9-17(15)18/h1-5,7-10,14,19H,6,11-13H2. The van der Waals surface area contributed by atoms with Gasteiger partial charge >= 0.3 is 0 Å². The van der Waals surface area contributed by atoms with Gasteiger partial charge in [-0.2, -0.15) is 0 Å². The fourth-order valence-corrected chi connectivity index (χ4v) is 3.26. The maximum atomic E-state index is 5.68. The van der Waals surface area contributed by atoms with E-state index in [1.807, 2.05) is 41.7 Å². The van der Waals surface area contributed by atoms with Crippen LogP contribution in [0.15, 0.2) is 60.0 Å². The number of fused-ring (bicyclic) bond motifs is 1. The van der Waals surface area contributed by atoms with Crippen molar-refractivity contribution in [1.82, 2.24) is 5.32 Å². The van der Waals surface area contributed by atoms with Gasteiger partial charge in [-0.15, -0.1) is 11.3 Å². The highest BCUT2D eigenvalue weighted by Crippen LogP contribution is 2.25. The summed E-state index contributed by atoms with van der Waals surface area (Å²) in [6.07, 6.45) is 1.01. The van der Waals surface area contributed by atoms with E-state index in [1.165, 1.54) is 15.6 Å². The molecule has 0 aliphatic carbocycles. The molecule has 0 aliphatic heterocycles. The molecule has 1 heterocycles. The van der Waals surface area contributed by atoms with E-state index in [0.29, 0.717) is 0 Å². The van der Waals surface area contributed by atoms with Crippen molar-refractivity contribution in [3.63, 3.8) is 0 Å². The summed E-state index contributed by atoms with van der Waals surface area (Å²) in [5.74, 6) is 0.946. The molecule has 1 aromatic heterocycles. The molecule has 108 valence electrons. The number of thiophene rings is 1. The van der Waals surface area contributed by atoms with Crippen LogP contribution in [0.2, 0.25) is 0 Å². The maximum absolute atomic E-state index is 5.68. The van der Waals surface area contributed by atoms with Crippen LogP contribution in [0.1, 0.15) is 12.0 Å². The number of ether oxygens (including phenoxy) is 1. The third-order valence-electron chi connectivity index (χ3n) is 3.39. The molecule has 0 atom stereocenters. The number of para-hydroxylation sites is 1. The zero-order valence-corrected chi connectivity index (χ0v) is 12.7. The normalized spacial score (nSPS) is 10.9. The number of rotatable bonds is 7. The SMILES string of the molecule is c1ccc(OCCCNCc2csc3ccccc23)cc1. The molecule has 0 aliphatic rings. The first-order valence-corrected chi connectivity index (χ1v) is 8.15. The molecule has 2 aromatic carbocycles. The fourth-order valence-electron chi connectivity index (χ4n) is 2.30. The van der Waals surface area contributed by atoms with Crippen molar-refractivity contribution in [3.8, 4) is 5.75 Å². The zero-order chi connectivity index (χ0) is 14.3. The van der Waals surface area contributed by atoms with E-state index in [4.69, 9.17) is 4.74 Å². The second-order valence-corrected chi connectivity index (χ2v) is 5.86. The Balaban J connectivity index is 1.39. The molecule has 3 aromatic rings. The van der Waals surface area contributed by atoms with Crippen LogP contribution >= 0.6 is 11.3 Å². The lowest BCUT2D eigenvalue weighted by Gasteiger charge is -2.07. The summed E-state index contributed by atoms with van der Waals surface area (Å²) in [7, 11) is 0. The molecule has 0 unspecified atom stereocenters. The fraction of sp³-hybridized carbons (Fsp3) is 0.222. The summed E-state index contributed by atoms with van der Waals surface area (Å²) in [5, 5.41) is 7.11. The number of benzene rings is 2. The lowest BCUT2D eigenvalue weighted by Crippen LogP contribution is -2.16. The predicted molar refractivity (Wildman–Crippen MR) is 90.1 cm³/mol. The van der Waals surface area contributed by atoms with Crippen LogP contribution in [-0.2, 0) is 6.54 Å². The molecular weight excluding hydrogens is 278 g/mol. The third-order valence-corrected chi connectivity index (χ3v) is 4.40. The van der Waals surface area contributed by atoms with Gasteiger partial charge < -0.3 is 10.1 Å². The molecule has 0 spiro atoms. The van der Waals surface area contributed by atoms with Crippen molar-refractivity contribution in [2.24, 2.45) is 0 Å². The molecule has 3 heteroatoms. The first kappa shape index (κ1) is 14.1. The minimum Gasteiger partial charge on any atom is -0.494 e. The third kappa shape index (κ3) is 3.84. The molecule has 21 heavy (non-hydrogen) atoms.